The molecule has 2 atom stereocenters. The average molecular weight is 599 g/mol. The van der Waals surface area contributed by atoms with Crippen molar-refractivity contribution in [1.82, 2.24) is 10.2 Å². The van der Waals surface area contributed by atoms with Crippen LogP contribution in [0.2, 0.25) is 0 Å². The topological polar surface area (TPSA) is 132 Å². The molecule has 1 aliphatic rings. The highest BCUT2D eigenvalue weighted by atomic mass is 16.5. The average Bonchev–Trinajstić information content (AvgIpc) is 3.35. The number of nitrogens with one attached hydrogen (secondary N) is 2. The Morgan fingerprint density at radius 1 is 0.930 bits per heavy atom. The lowest BCUT2D eigenvalue weighted by molar-refractivity contribution is -0.117. The van der Waals surface area contributed by atoms with Crippen molar-refractivity contribution in [3.8, 4) is 5.75 Å². The molecule has 0 aromatic heterocycles. The molecular weight excluding hydrogens is 548 g/mol. The minimum absolute atomic E-state index is 0.0200. The molecule has 0 aliphatic carbocycles. The highest BCUT2D eigenvalue weighted by Crippen LogP contribution is 2.31. The number of unbranched alkanes of at least 4 members (excludes halogenated alkanes) is 2. The second-order valence-corrected chi connectivity index (χ2v) is 10.6. The molecule has 3 rings (SSSR count). The van der Waals surface area contributed by atoms with Crippen LogP contribution in [-0.4, -0.2) is 69.2 Å². The highest BCUT2D eigenvalue weighted by Gasteiger charge is 2.31. The van der Waals surface area contributed by atoms with Crippen molar-refractivity contribution in [2.45, 2.75) is 77.9 Å². The quantitative estimate of drug-likeness (QED) is 0.138. The first kappa shape index (κ1) is 35.7. The lowest BCUT2D eigenvalue weighted by Crippen LogP contribution is -2.33. The Bertz CT molecular complexity index is 1090. The zero-order valence-corrected chi connectivity index (χ0v) is 26.0. The van der Waals surface area contributed by atoms with Gasteiger partial charge in [0.05, 0.1) is 13.2 Å². The molecule has 0 saturated heterocycles. The summed E-state index contributed by atoms with van der Waals surface area (Å²) in [6.45, 7) is 11.2. The fraction of sp³-hybridized carbons (Fsp3) is 0.545. The van der Waals surface area contributed by atoms with E-state index in [1.165, 1.54) is 0 Å². The van der Waals surface area contributed by atoms with E-state index in [-0.39, 0.29) is 18.0 Å². The van der Waals surface area contributed by atoms with E-state index in [1.807, 2.05) is 48.2 Å². The molecule has 2 aromatic rings. The molecule has 0 bridgehead atoms. The lowest BCUT2D eigenvalue weighted by Gasteiger charge is -2.23. The number of nitrogens with zero attached hydrogens (tertiary/aromatic N) is 1. The summed E-state index contributed by atoms with van der Waals surface area (Å²) in [5, 5.41) is 5.21. The summed E-state index contributed by atoms with van der Waals surface area (Å²) >= 11 is 0. The fourth-order valence-electron chi connectivity index (χ4n) is 4.76. The smallest absolute Gasteiger partial charge is 0.254 e. The number of imide groups is 1. The number of benzene rings is 2. The Hall–Kier alpha value is -3.47. The normalized spacial score (nSPS) is 13.4. The third-order valence-corrected chi connectivity index (χ3v) is 7.10. The molecule has 0 radical (unpaired) electrons. The molecule has 1 heterocycles. The number of carbonyl (C=O) groups is 3. The minimum atomic E-state index is 0.0200. The maximum absolute atomic E-state index is 12.8. The van der Waals surface area contributed by atoms with Gasteiger partial charge in [0.25, 0.3) is 5.91 Å². The summed E-state index contributed by atoms with van der Waals surface area (Å²) in [4.78, 5) is 32.9. The summed E-state index contributed by atoms with van der Waals surface area (Å²) in [6, 6.07) is 14.2. The predicted molar refractivity (Wildman–Crippen MR) is 169 cm³/mol. The number of nitrogens with two attached hydrogens (primary N) is 1. The van der Waals surface area contributed by atoms with Gasteiger partial charge in [-0.25, -0.2) is 0 Å². The largest absolute Gasteiger partial charge is 0.494 e. The number of hydrogen-bond donors (Lipinski definition) is 3. The summed E-state index contributed by atoms with van der Waals surface area (Å²) in [7, 11) is 0. The van der Waals surface area contributed by atoms with Crippen molar-refractivity contribution < 1.29 is 28.6 Å². The molecule has 10 nitrogen and oxygen atoms in total. The van der Waals surface area contributed by atoms with Gasteiger partial charge in [-0.05, 0) is 75.8 Å². The molecule has 0 saturated carbocycles. The Balaban J connectivity index is 0.00000119. The van der Waals surface area contributed by atoms with Crippen LogP contribution in [0.15, 0.2) is 42.5 Å². The van der Waals surface area contributed by atoms with Gasteiger partial charge in [-0.3, -0.25) is 14.4 Å². The number of amides is 3. The zero-order chi connectivity index (χ0) is 31.3. The number of fused-ring (bicyclic) bond motifs is 1. The van der Waals surface area contributed by atoms with E-state index in [1.54, 1.807) is 5.32 Å². The molecule has 238 valence electrons. The van der Waals surface area contributed by atoms with E-state index in [4.69, 9.17) is 29.5 Å². The van der Waals surface area contributed by atoms with Crippen molar-refractivity contribution in [3.05, 3.63) is 59.2 Å². The Morgan fingerprint density at radius 3 is 2.33 bits per heavy atom. The number of anilines is 1. The van der Waals surface area contributed by atoms with Gasteiger partial charge in [-0.2, -0.15) is 0 Å². The van der Waals surface area contributed by atoms with Crippen LogP contribution >= 0.6 is 0 Å². The Labute approximate surface area is 256 Å². The van der Waals surface area contributed by atoms with Gasteiger partial charge in [-0.15, -0.1) is 0 Å². The summed E-state index contributed by atoms with van der Waals surface area (Å²) in [5.74, 6) is 1.04. The highest BCUT2D eigenvalue weighted by molar-refractivity contribution is 6.00. The van der Waals surface area contributed by atoms with Crippen LogP contribution in [0.25, 0.3) is 0 Å². The van der Waals surface area contributed by atoms with Crippen LogP contribution < -0.4 is 21.1 Å². The van der Waals surface area contributed by atoms with Gasteiger partial charge in [0.2, 0.25) is 12.8 Å². The van der Waals surface area contributed by atoms with Crippen LogP contribution in [0, 0.1) is 0 Å². The van der Waals surface area contributed by atoms with Gasteiger partial charge in [-0.1, -0.05) is 31.5 Å². The van der Waals surface area contributed by atoms with Crippen LogP contribution in [0.3, 0.4) is 0 Å². The molecule has 1 aliphatic heterocycles. The third-order valence-electron chi connectivity index (χ3n) is 7.10. The van der Waals surface area contributed by atoms with Gasteiger partial charge in [0.1, 0.15) is 5.75 Å². The van der Waals surface area contributed by atoms with Gasteiger partial charge in [0, 0.05) is 61.8 Å². The first-order valence-corrected chi connectivity index (χ1v) is 15.4. The number of hydrogen-bond acceptors (Lipinski definition) is 8. The SMILES string of the molecule is CCCC(C)N1Cc2c(NCCOCCCOCCCCCOc3cccc([C@@H](C)N)c3)cccc2C1=O.O=CNC=O. The van der Waals surface area contributed by atoms with Crippen LogP contribution in [0.4, 0.5) is 5.69 Å². The van der Waals surface area contributed by atoms with Crippen molar-refractivity contribution in [1.29, 1.82) is 0 Å². The van der Waals surface area contributed by atoms with E-state index >= 15 is 0 Å². The predicted octanol–water partition coefficient (Wildman–Crippen LogP) is 4.82. The van der Waals surface area contributed by atoms with Gasteiger partial charge in [0.15, 0.2) is 0 Å². The van der Waals surface area contributed by atoms with Gasteiger partial charge >= 0.3 is 0 Å². The second kappa shape index (κ2) is 21.3. The first-order valence-electron chi connectivity index (χ1n) is 15.4. The molecule has 3 amide bonds. The number of ether oxygens (including phenoxy) is 3. The van der Waals surface area contributed by atoms with E-state index in [0.29, 0.717) is 52.3 Å². The second-order valence-electron chi connectivity index (χ2n) is 10.6. The monoisotopic (exact) mass is 598 g/mol. The molecule has 0 spiro atoms. The maximum Gasteiger partial charge on any atom is 0.254 e. The Kier molecular flexibility index (Phi) is 17.7. The summed E-state index contributed by atoms with van der Waals surface area (Å²) in [6.07, 6.45) is 6.75. The molecule has 0 fully saturated rings. The van der Waals surface area contributed by atoms with E-state index in [9.17, 15) is 4.79 Å². The molecule has 1 unspecified atom stereocenters. The Morgan fingerprint density at radius 2 is 1.63 bits per heavy atom. The number of rotatable bonds is 21. The van der Waals surface area contributed by atoms with E-state index in [2.05, 4.69) is 25.2 Å². The van der Waals surface area contributed by atoms with Crippen molar-refractivity contribution in [2.75, 3.05) is 44.9 Å². The van der Waals surface area contributed by atoms with E-state index in [0.717, 1.165) is 73.3 Å². The molecule has 4 N–H and O–H groups in total. The summed E-state index contributed by atoms with van der Waals surface area (Å²) in [5.41, 5.74) is 10.00. The molecular formula is C33H50N4O6. The third kappa shape index (κ3) is 13.1. The zero-order valence-electron chi connectivity index (χ0n) is 26.0. The van der Waals surface area contributed by atoms with E-state index < -0.39 is 0 Å². The maximum atomic E-state index is 12.8. The van der Waals surface area contributed by atoms with Gasteiger partial charge < -0.3 is 35.5 Å². The standard InChI is InChI=1S/C31H47N3O4.C2H3NO2/c1-4-11-24(2)34-23-29-28(31(34)35)14-9-15-30(29)33-16-21-37-19-10-18-36-17-6-5-7-20-38-27-13-8-12-26(22-27)25(3)32;4-1-3-2-5/h8-9,12-15,22,24-25,33H,4-7,10-11,16-21,23,32H2,1-3H3;1-2H,(H,3,4,5)/t24?,25-;/m1./s1. The first-order chi connectivity index (χ1) is 20.9. The fourth-order valence-corrected chi connectivity index (χ4v) is 4.76. The van der Waals surface area contributed by atoms with Crippen molar-refractivity contribution in [3.63, 3.8) is 0 Å². The lowest BCUT2D eigenvalue weighted by atomic mass is 10.1. The summed E-state index contributed by atoms with van der Waals surface area (Å²) < 4.78 is 17.3. The van der Waals surface area contributed by atoms with Crippen LogP contribution in [0.1, 0.15) is 86.8 Å². The van der Waals surface area contributed by atoms with Crippen molar-refractivity contribution in [2.24, 2.45) is 5.73 Å². The van der Waals surface area contributed by atoms with Crippen LogP contribution in [-0.2, 0) is 25.6 Å². The van der Waals surface area contributed by atoms with Crippen LogP contribution in [0.5, 0.6) is 5.75 Å². The minimum Gasteiger partial charge on any atom is -0.494 e. The number of carbonyl (C=O) groups excluding carboxylic acids is 3. The molecule has 43 heavy (non-hydrogen) atoms. The van der Waals surface area contributed by atoms with Crippen molar-refractivity contribution >= 4 is 24.4 Å². The molecule has 2 aromatic carbocycles. The molecule has 10 heteroatoms.